The molecule has 0 amide bonds. The number of hydrogen-bond acceptors (Lipinski definition) is 5. The van der Waals surface area contributed by atoms with Crippen LogP contribution in [0.2, 0.25) is 0 Å². The Bertz CT molecular complexity index is 835. The van der Waals surface area contributed by atoms with Gasteiger partial charge in [-0.1, -0.05) is 24.3 Å². The average Bonchev–Trinajstić information content (AvgIpc) is 2.81. The molecule has 0 bridgehead atoms. The summed E-state index contributed by atoms with van der Waals surface area (Å²) in [4.78, 5) is 4.30. The molecule has 1 saturated heterocycles. The van der Waals surface area contributed by atoms with Gasteiger partial charge in [-0.05, 0) is 36.1 Å². The van der Waals surface area contributed by atoms with Gasteiger partial charge in [-0.3, -0.25) is 4.99 Å². The predicted molar refractivity (Wildman–Crippen MR) is 118 cm³/mol. The first-order valence-electron chi connectivity index (χ1n) is 10.2. The molecule has 0 atom stereocenters. The van der Waals surface area contributed by atoms with E-state index in [1.807, 2.05) is 18.2 Å². The molecule has 2 aromatic carbocycles. The number of methoxy groups -OCH3 is 2. The van der Waals surface area contributed by atoms with Crippen molar-refractivity contribution in [2.45, 2.75) is 32.1 Å². The zero-order chi connectivity index (χ0) is 21.2. The lowest BCUT2D eigenvalue weighted by Crippen LogP contribution is -2.30. The second-order valence-electron chi connectivity index (χ2n) is 7.06. The number of rotatable bonds is 8. The van der Waals surface area contributed by atoms with Crippen LogP contribution in [0.4, 0.5) is 5.69 Å². The number of benzene rings is 2. The van der Waals surface area contributed by atoms with Gasteiger partial charge in [0.05, 0.1) is 26.9 Å². The SMILES string of the molecule is CN=C(NCc1cccc(COC2CCOCC2)c1)Nc1ccc(OC)c(OC)c1. The van der Waals surface area contributed by atoms with Crippen LogP contribution in [0.5, 0.6) is 11.5 Å². The maximum Gasteiger partial charge on any atom is 0.195 e. The zero-order valence-corrected chi connectivity index (χ0v) is 17.9. The zero-order valence-electron chi connectivity index (χ0n) is 17.9. The van der Waals surface area contributed by atoms with Crippen LogP contribution < -0.4 is 20.1 Å². The van der Waals surface area contributed by atoms with E-state index in [-0.39, 0.29) is 0 Å². The van der Waals surface area contributed by atoms with Crippen LogP contribution in [-0.2, 0) is 22.6 Å². The third kappa shape index (κ3) is 6.37. The molecular weight excluding hydrogens is 382 g/mol. The van der Waals surface area contributed by atoms with Gasteiger partial charge in [0.2, 0.25) is 0 Å². The maximum absolute atomic E-state index is 6.03. The van der Waals surface area contributed by atoms with Crippen LogP contribution in [0, 0.1) is 0 Å². The van der Waals surface area contributed by atoms with E-state index in [0.717, 1.165) is 31.7 Å². The summed E-state index contributed by atoms with van der Waals surface area (Å²) in [6.07, 6.45) is 2.24. The molecule has 7 nitrogen and oxygen atoms in total. The van der Waals surface area contributed by atoms with Crippen LogP contribution in [-0.4, -0.2) is 46.5 Å². The second-order valence-corrected chi connectivity index (χ2v) is 7.06. The number of nitrogens with one attached hydrogen (secondary N) is 2. The third-order valence-electron chi connectivity index (χ3n) is 4.98. The molecule has 1 heterocycles. The Balaban J connectivity index is 1.53. The monoisotopic (exact) mass is 413 g/mol. The third-order valence-corrected chi connectivity index (χ3v) is 4.98. The van der Waals surface area contributed by atoms with E-state index in [4.69, 9.17) is 18.9 Å². The largest absolute Gasteiger partial charge is 0.493 e. The highest BCUT2D eigenvalue weighted by Crippen LogP contribution is 2.29. The molecule has 0 spiro atoms. The average molecular weight is 414 g/mol. The van der Waals surface area contributed by atoms with Gasteiger partial charge in [0.15, 0.2) is 17.5 Å². The summed E-state index contributed by atoms with van der Waals surface area (Å²) in [6.45, 7) is 2.86. The summed E-state index contributed by atoms with van der Waals surface area (Å²) >= 11 is 0. The highest BCUT2D eigenvalue weighted by molar-refractivity contribution is 5.93. The van der Waals surface area contributed by atoms with Gasteiger partial charge in [0.25, 0.3) is 0 Å². The van der Waals surface area contributed by atoms with E-state index in [9.17, 15) is 0 Å². The van der Waals surface area contributed by atoms with Crippen LogP contribution >= 0.6 is 0 Å². The summed E-state index contributed by atoms with van der Waals surface area (Å²) in [6, 6.07) is 14.1. The van der Waals surface area contributed by atoms with E-state index in [1.165, 1.54) is 11.1 Å². The molecule has 162 valence electrons. The number of nitrogens with zero attached hydrogens (tertiary/aromatic N) is 1. The van der Waals surface area contributed by atoms with Crippen LogP contribution in [0.15, 0.2) is 47.5 Å². The molecule has 2 aromatic rings. The van der Waals surface area contributed by atoms with Crippen molar-refractivity contribution in [2.24, 2.45) is 4.99 Å². The van der Waals surface area contributed by atoms with E-state index in [1.54, 1.807) is 21.3 Å². The van der Waals surface area contributed by atoms with Crippen LogP contribution in [0.1, 0.15) is 24.0 Å². The topological polar surface area (TPSA) is 73.3 Å². The maximum atomic E-state index is 6.03. The van der Waals surface area contributed by atoms with Gasteiger partial charge < -0.3 is 29.6 Å². The van der Waals surface area contributed by atoms with Gasteiger partial charge >= 0.3 is 0 Å². The van der Waals surface area contributed by atoms with Crippen molar-refractivity contribution in [3.8, 4) is 11.5 Å². The molecule has 0 saturated carbocycles. The van der Waals surface area contributed by atoms with Crippen molar-refractivity contribution in [3.63, 3.8) is 0 Å². The Kier molecular flexibility index (Phi) is 8.35. The fraction of sp³-hybridized carbons (Fsp3) is 0.435. The fourth-order valence-electron chi connectivity index (χ4n) is 3.30. The molecule has 2 N–H and O–H groups in total. The van der Waals surface area contributed by atoms with Crippen molar-refractivity contribution < 1.29 is 18.9 Å². The lowest BCUT2D eigenvalue weighted by molar-refractivity contribution is -0.0390. The lowest BCUT2D eigenvalue weighted by atomic mass is 10.1. The molecule has 0 unspecified atom stereocenters. The highest BCUT2D eigenvalue weighted by Gasteiger charge is 2.14. The number of aliphatic imine (C=N–C) groups is 1. The first-order chi connectivity index (χ1) is 14.7. The van der Waals surface area contributed by atoms with Gasteiger partial charge in [-0.25, -0.2) is 0 Å². The molecule has 0 aromatic heterocycles. The number of guanidine groups is 1. The Morgan fingerprint density at radius 1 is 1.03 bits per heavy atom. The van der Waals surface area contributed by atoms with Crippen LogP contribution in [0.25, 0.3) is 0 Å². The molecule has 1 aliphatic heterocycles. The van der Waals surface area contributed by atoms with Gasteiger partial charge in [-0.15, -0.1) is 0 Å². The fourth-order valence-corrected chi connectivity index (χ4v) is 3.30. The lowest BCUT2D eigenvalue weighted by Gasteiger charge is -2.22. The van der Waals surface area contributed by atoms with E-state index >= 15 is 0 Å². The minimum absolute atomic E-state index is 0.296. The van der Waals surface area contributed by atoms with Gasteiger partial charge in [0, 0.05) is 38.6 Å². The highest BCUT2D eigenvalue weighted by atomic mass is 16.5. The molecule has 7 heteroatoms. The molecule has 1 fully saturated rings. The smallest absolute Gasteiger partial charge is 0.195 e. The summed E-state index contributed by atoms with van der Waals surface area (Å²) in [7, 11) is 4.98. The van der Waals surface area contributed by atoms with Gasteiger partial charge in [0.1, 0.15) is 0 Å². The first kappa shape index (κ1) is 21.9. The molecule has 1 aliphatic rings. The minimum atomic E-state index is 0.296. The Labute approximate surface area is 178 Å². The predicted octanol–water partition coefficient (Wildman–Crippen LogP) is 3.59. The van der Waals surface area contributed by atoms with Gasteiger partial charge in [-0.2, -0.15) is 0 Å². The van der Waals surface area contributed by atoms with E-state index < -0.39 is 0 Å². The number of anilines is 1. The van der Waals surface area contributed by atoms with Crippen molar-refractivity contribution >= 4 is 11.6 Å². The summed E-state index contributed by atoms with van der Waals surface area (Å²) < 4.78 is 22.1. The Hall–Kier alpha value is -2.77. The first-order valence-corrected chi connectivity index (χ1v) is 10.2. The van der Waals surface area contributed by atoms with Crippen molar-refractivity contribution in [1.82, 2.24) is 5.32 Å². The molecule has 0 aliphatic carbocycles. The second kappa shape index (κ2) is 11.4. The standard InChI is InChI=1S/C23H31N3O4/c1-24-23(26-19-7-8-21(27-2)22(14-19)28-3)25-15-17-5-4-6-18(13-17)16-30-20-9-11-29-12-10-20/h4-8,13-14,20H,9-12,15-16H2,1-3H3,(H2,24,25,26). The normalized spacial score (nSPS) is 15.0. The summed E-state index contributed by atoms with van der Waals surface area (Å²) in [5.74, 6) is 2.02. The summed E-state index contributed by atoms with van der Waals surface area (Å²) in [5, 5.41) is 6.62. The molecular formula is C23H31N3O4. The molecule has 0 radical (unpaired) electrons. The quantitative estimate of drug-likeness (QED) is 0.509. The van der Waals surface area contributed by atoms with Crippen molar-refractivity contribution in [3.05, 3.63) is 53.6 Å². The Morgan fingerprint density at radius 2 is 1.80 bits per heavy atom. The number of ether oxygens (including phenoxy) is 4. The van der Waals surface area contributed by atoms with Crippen LogP contribution in [0.3, 0.4) is 0 Å². The van der Waals surface area contributed by atoms with Crippen molar-refractivity contribution in [2.75, 3.05) is 39.8 Å². The van der Waals surface area contributed by atoms with E-state index in [0.29, 0.717) is 36.7 Å². The van der Waals surface area contributed by atoms with E-state index in [2.05, 4.69) is 39.9 Å². The summed E-state index contributed by atoms with van der Waals surface area (Å²) in [5.41, 5.74) is 3.20. The molecule has 3 rings (SSSR count). The molecule has 30 heavy (non-hydrogen) atoms. The Morgan fingerprint density at radius 3 is 2.53 bits per heavy atom. The minimum Gasteiger partial charge on any atom is -0.493 e. The number of hydrogen-bond donors (Lipinski definition) is 2. The van der Waals surface area contributed by atoms with Crippen molar-refractivity contribution in [1.29, 1.82) is 0 Å².